The number of ether oxygens (including phenoxy) is 2. The Kier molecular flexibility index (Phi) is 48.0. The van der Waals surface area contributed by atoms with E-state index in [1.54, 1.807) is 85.8 Å². The Balaban J connectivity index is 0.000000475. The molecular weight excluding hydrogens is 1740 g/mol. The van der Waals surface area contributed by atoms with Gasteiger partial charge >= 0.3 is 19.5 Å². The van der Waals surface area contributed by atoms with Crippen molar-refractivity contribution in [2.24, 2.45) is 35.5 Å². The molecule has 4 aliphatic rings. The van der Waals surface area contributed by atoms with E-state index in [4.69, 9.17) is 23.4 Å². The summed E-state index contributed by atoms with van der Waals surface area (Å²) < 4.78 is 90.4. The number of rotatable bonds is 25. The number of aldehydes is 1. The van der Waals surface area contributed by atoms with E-state index in [9.17, 15) is 115 Å². The van der Waals surface area contributed by atoms with Gasteiger partial charge in [0.05, 0.1) is 63.7 Å². The molecule has 2 unspecified atom stereocenters. The van der Waals surface area contributed by atoms with Crippen LogP contribution in [0.4, 0.5) is 17.6 Å². The van der Waals surface area contributed by atoms with Crippen LogP contribution in [-0.4, -0.2) is 261 Å². The molecule has 2 aromatic rings. The Morgan fingerprint density at radius 2 is 0.969 bits per heavy atom. The number of halogens is 4. The zero-order valence-electron chi connectivity index (χ0n) is 76.8. The van der Waals surface area contributed by atoms with Gasteiger partial charge in [0.2, 0.25) is 23.6 Å². The van der Waals surface area contributed by atoms with Crippen LogP contribution in [-0.2, 0) is 108 Å². The van der Waals surface area contributed by atoms with Crippen LogP contribution >= 0.6 is 7.60 Å². The van der Waals surface area contributed by atoms with Crippen molar-refractivity contribution in [3.8, 4) is 11.5 Å². The van der Waals surface area contributed by atoms with Crippen molar-refractivity contribution < 1.29 is 143 Å². The maximum absolute atomic E-state index is 14.5. The van der Waals surface area contributed by atoms with E-state index in [1.165, 1.54) is 98.5 Å². The molecule has 12 N–H and O–H groups in total. The van der Waals surface area contributed by atoms with Crippen molar-refractivity contribution in [3.63, 3.8) is 0 Å². The summed E-state index contributed by atoms with van der Waals surface area (Å²) >= 11 is 0. The number of hydrazine groups is 2. The van der Waals surface area contributed by atoms with Crippen LogP contribution in [0.25, 0.3) is 0 Å². The number of fused-ring (bicyclic) bond motifs is 4. The molecule has 0 aliphatic carbocycles. The SMILES string of the molecule is CC(=O)CC[C@H]1C(=O)N[C@@H](C(C)C)C(=O)N[C@@H](Cc2cc(O)c(F)c(F)c2)C(=O)N2CCCC(N2)C(=O)O[C@H](/C(C)=C/C=O)C/C=C/C=C/[C@H](O)[C@H](C)[C@H]1O.CCOP(=O)(CC(=O)N(C)OC)OCC.CON(C)C(=O)/C=C/C=C(\C)[C@@H]1C/C=C/C=C/[C@H](O)[C@H](C)[C@@H](O)[C@@H](CCC(C)=O)C(=O)N[C@@H](C(C)C)C(=O)N[C@@H](Cc2cc(O)c(F)c(F)c2)C(=O)N2CCCC(N2)C(=O)O1. The van der Waals surface area contributed by atoms with Gasteiger partial charge in [-0.3, -0.25) is 77.0 Å². The number of Topliss-reactive ketones (excluding diaryl/α,β-unsaturated/α-hetero) is 2. The lowest BCUT2D eigenvalue weighted by molar-refractivity contribution is -0.166. The molecule has 4 heterocycles. The quantitative estimate of drug-likeness (QED) is 0.0101. The number of hydrogen-bond acceptors (Lipinski definition) is 28. The Bertz CT molecular complexity index is 4470. The summed E-state index contributed by atoms with van der Waals surface area (Å²) in [6.45, 7) is 19.4. The average Bonchev–Trinajstić information content (AvgIpc) is 0.818. The summed E-state index contributed by atoms with van der Waals surface area (Å²) in [6.07, 6.45) is 10.8. The summed E-state index contributed by atoms with van der Waals surface area (Å²) in [4.78, 5) is 180. The van der Waals surface area contributed by atoms with Gasteiger partial charge in [-0.15, -0.1) is 0 Å². The number of ketones is 2. The maximum atomic E-state index is 14.5. The van der Waals surface area contributed by atoms with E-state index in [2.05, 4.69) is 37.0 Å². The lowest BCUT2D eigenvalue weighted by Crippen LogP contribution is -2.62. The number of phenolic OH excluding ortho intramolecular Hbond substituents is 2. The Labute approximate surface area is 760 Å². The third-order valence-electron chi connectivity index (χ3n) is 21.9. The summed E-state index contributed by atoms with van der Waals surface area (Å²) in [5, 5.41) is 79.4. The molecular formula is C90H129F4N10O26P. The Morgan fingerprint density at radius 1 is 0.580 bits per heavy atom. The van der Waals surface area contributed by atoms with Crippen LogP contribution in [0.2, 0.25) is 0 Å². The molecule has 2 aromatic carbocycles. The third kappa shape index (κ3) is 36.2. The maximum Gasteiger partial charge on any atom is 0.340 e. The van der Waals surface area contributed by atoms with Gasteiger partial charge in [-0.2, -0.15) is 8.78 Å². The normalized spacial score (nSPS) is 26.5. The lowest BCUT2D eigenvalue weighted by atomic mass is 9.84. The van der Waals surface area contributed by atoms with Crippen molar-refractivity contribution in [2.45, 2.75) is 233 Å². The van der Waals surface area contributed by atoms with Crippen LogP contribution < -0.4 is 32.1 Å². The van der Waals surface area contributed by atoms with E-state index >= 15 is 0 Å². The predicted molar refractivity (Wildman–Crippen MR) is 469 cm³/mol. The van der Waals surface area contributed by atoms with Crippen LogP contribution in [0.3, 0.4) is 0 Å². The van der Waals surface area contributed by atoms with Gasteiger partial charge in [-0.1, -0.05) is 102 Å². The fourth-order valence-corrected chi connectivity index (χ4v) is 15.5. The molecule has 4 bridgehead atoms. The van der Waals surface area contributed by atoms with Crippen LogP contribution in [0.15, 0.2) is 108 Å². The van der Waals surface area contributed by atoms with Gasteiger partial charge in [0, 0.05) is 83.6 Å². The number of aliphatic hydroxyl groups excluding tert-OH is 4. The zero-order valence-corrected chi connectivity index (χ0v) is 77.7. The molecule has 0 radical (unpaired) electrons. The minimum absolute atomic E-state index is 0.0584. The fourth-order valence-electron chi connectivity index (χ4n) is 13.9. The zero-order chi connectivity index (χ0) is 98.4. The lowest BCUT2D eigenvalue weighted by Gasteiger charge is -2.36. The number of hydrogen-bond donors (Lipinski definition) is 12. The number of cyclic esters (lactones) is 2. The number of allylic oxidation sites excluding steroid dienone is 7. The topological polar surface area (TPSA) is 501 Å². The van der Waals surface area contributed by atoms with Gasteiger partial charge in [-0.05, 0) is 145 Å². The number of hydroxylamine groups is 4. The standard InChI is InChI=1S/C43H59F2N5O11.C39H52F2N4O10.C8H18NO5P/c1-24(2)38-41(57)46-32(22-28-21-30(44)37(45)34(53)23-28)42(58)50-20-12-14-31(48-50)43(59)61-35(25(3)13-11-17-36(54)49(6)60-7)16-10-8-9-15-33(52)27(5)39(55)29(40(56)47-38)19-18-26(4)51;1-21(2)34-37(52)42-29(19-25-18-27(40)33(41)31(49)20-25)38(53)45-16-9-10-28(44-45)39(54)55-32(22(3)15-17-46)12-8-6-7-11-30(48)24(5)35(50)26(36(51)43-34)14-13-23(4)47;1-5-13-15(11,14-6-2)7-8(10)9(3)12-4/h8-11,13,15,17,21,23-24,27,29,31-33,35,38-39,48,52-53,55H,12,14,16,18-20,22H2,1-7H3,(H,46,57)(H,47,56);6-8,11,15,17-18,20-21,24,26,28-30,32,34-35,44,48-50H,9-10,12-14,16,19H2,1-5H3,(H,42,52)(H,43,51);5-7H2,1-4H3/b10-8+,15-9+,17-11+,25-13+;8-6+,11-7+,22-15+;/t27-,29+,31?,32-,33-,35-,38-,39+;24-,26+,28?,29-,30-,32-,34-,35+;/m00./s1. The highest BCUT2D eigenvalue weighted by molar-refractivity contribution is 7.54. The molecule has 131 heavy (non-hydrogen) atoms. The molecule has 0 aromatic heterocycles. The highest BCUT2D eigenvalue weighted by Crippen LogP contribution is 2.48. The number of aliphatic hydroxyl groups is 4. The van der Waals surface area contributed by atoms with Crippen molar-refractivity contribution in [2.75, 3.05) is 60.8 Å². The van der Waals surface area contributed by atoms with E-state index < -0.39 is 223 Å². The first kappa shape index (κ1) is 113. The molecule has 4 aliphatic heterocycles. The fraction of sp³-hybridized carbons (Fsp3) is 0.567. The molecule has 0 spiro atoms. The van der Waals surface area contributed by atoms with Crippen molar-refractivity contribution >= 4 is 84.6 Å². The second kappa shape index (κ2) is 55.7. The van der Waals surface area contributed by atoms with Gasteiger partial charge in [0.25, 0.3) is 23.6 Å². The first-order chi connectivity index (χ1) is 61.7. The number of phenols is 2. The summed E-state index contributed by atoms with van der Waals surface area (Å²) in [6, 6.07) is -4.42. The van der Waals surface area contributed by atoms with E-state index in [0.717, 1.165) is 44.4 Å². The summed E-state index contributed by atoms with van der Waals surface area (Å²) in [5.41, 5.74) is 6.54. The van der Waals surface area contributed by atoms with E-state index in [0.29, 0.717) is 30.3 Å². The molecule has 36 nitrogen and oxygen atoms in total. The number of benzene rings is 2. The van der Waals surface area contributed by atoms with Crippen molar-refractivity contribution in [1.82, 2.24) is 52.3 Å². The predicted octanol–water partition coefficient (Wildman–Crippen LogP) is 6.15. The van der Waals surface area contributed by atoms with Gasteiger partial charge in [-0.25, -0.2) is 29.8 Å². The van der Waals surface area contributed by atoms with E-state index in [1.807, 2.05) is 0 Å². The van der Waals surface area contributed by atoms with Gasteiger partial charge in [0.1, 0.15) is 72.5 Å². The molecule has 8 amide bonds. The highest BCUT2D eigenvalue weighted by atomic mass is 31.2. The minimum atomic E-state index is -3.31. The number of likely N-dealkylation sites (N-methyl/N-ethyl adjacent to an activating group) is 1. The van der Waals surface area contributed by atoms with Crippen molar-refractivity contribution in [3.05, 3.63) is 143 Å². The number of nitrogens with one attached hydrogen (secondary N) is 6. The smallest absolute Gasteiger partial charge is 0.340 e. The largest absolute Gasteiger partial charge is 0.505 e. The third-order valence-corrected chi connectivity index (χ3v) is 23.9. The second-order valence-corrected chi connectivity index (χ2v) is 34.8. The molecule has 2 saturated heterocycles. The Morgan fingerprint density at radius 3 is 1.32 bits per heavy atom. The van der Waals surface area contributed by atoms with E-state index in [-0.39, 0.29) is 107 Å². The van der Waals surface area contributed by atoms with Gasteiger partial charge in [0.15, 0.2) is 34.8 Å². The number of carbonyl (C=O) groups is 13. The van der Waals surface area contributed by atoms with Crippen LogP contribution in [0.1, 0.15) is 158 Å². The van der Waals surface area contributed by atoms with Crippen LogP contribution in [0.5, 0.6) is 11.5 Å². The number of esters is 2. The summed E-state index contributed by atoms with van der Waals surface area (Å²) in [7, 11) is 2.24. The minimum Gasteiger partial charge on any atom is -0.505 e. The average molecular weight is 1870 g/mol. The number of carbonyl (C=O) groups excluding carboxylic acids is 13. The Hall–Kier alpha value is -10.5. The molecule has 16 atom stereocenters. The molecule has 2 fully saturated rings. The highest BCUT2D eigenvalue weighted by Gasteiger charge is 2.43. The molecule has 728 valence electrons. The number of amides is 8. The molecule has 6 rings (SSSR count). The van der Waals surface area contributed by atoms with Crippen molar-refractivity contribution in [1.29, 1.82) is 0 Å². The molecule has 0 saturated carbocycles. The van der Waals surface area contributed by atoms with Gasteiger partial charge < -0.3 is 80.0 Å². The first-order valence-corrected chi connectivity index (χ1v) is 44.9. The number of aromatic hydroxyl groups is 2. The summed E-state index contributed by atoms with van der Waals surface area (Å²) in [5.74, 6) is -21.2. The molecule has 41 heteroatoms. The number of nitrogens with zero attached hydrogens (tertiary/aromatic N) is 4. The first-order valence-electron chi connectivity index (χ1n) is 43.1. The van der Waals surface area contributed by atoms with Crippen LogP contribution in [0, 0.1) is 58.8 Å². The monoisotopic (exact) mass is 1870 g/mol. The second-order valence-electron chi connectivity index (χ2n) is 32.8.